The van der Waals surface area contributed by atoms with Crippen molar-refractivity contribution in [3.05, 3.63) is 28.6 Å². The van der Waals surface area contributed by atoms with Crippen LogP contribution in [0.2, 0.25) is 0 Å². The minimum Gasteiger partial charge on any atom is -0.332 e. The molecule has 18 heavy (non-hydrogen) atoms. The van der Waals surface area contributed by atoms with Crippen LogP contribution < -0.4 is 5.73 Å². The maximum absolute atomic E-state index is 6.22. The molecule has 0 aliphatic rings. The summed E-state index contributed by atoms with van der Waals surface area (Å²) in [6.07, 6.45) is 3.21. The zero-order valence-electron chi connectivity index (χ0n) is 10.4. The van der Waals surface area contributed by atoms with E-state index in [0.717, 1.165) is 17.3 Å². The molecule has 2 rings (SSSR count). The van der Waals surface area contributed by atoms with Gasteiger partial charge in [-0.05, 0) is 40.9 Å². The third kappa shape index (κ3) is 2.44. The molecule has 0 saturated carbocycles. The van der Waals surface area contributed by atoms with E-state index in [1.165, 1.54) is 0 Å². The number of nitrogens with zero attached hydrogens (tertiary/aromatic N) is 3. The lowest BCUT2D eigenvalue weighted by atomic mass is 9.93. The van der Waals surface area contributed by atoms with Gasteiger partial charge in [0.1, 0.15) is 5.69 Å². The Morgan fingerprint density at radius 2 is 2.06 bits per heavy atom. The Hall–Kier alpha value is -1.27. The monoisotopic (exact) mass is 310 g/mol. The Balaban J connectivity index is 2.33. The topological polar surface area (TPSA) is 77.8 Å². The van der Waals surface area contributed by atoms with Crippen LogP contribution in [0.1, 0.15) is 32.5 Å². The third-order valence-corrected chi connectivity index (χ3v) is 3.55. The van der Waals surface area contributed by atoms with Gasteiger partial charge in [-0.25, -0.2) is 4.98 Å². The summed E-state index contributed by atoms with van der Waals surface area (Å²) in [4.78, 5) is 8.55. The number of halogens is 1. The highest BCUT2D eigenvalue weighted by atomic mass is 79.9. The van der Waals surface area contributed by atoms with Crippen LogP contribution >= 0.6 is 15.9 Å². The summed E-state index contributed by atoms with van der Waals surface area (Å²) in [6, 6.07) is 3.69. The Bertz CT molecular complexity index is 519. The summed E-state index contributed by atoms with van der Waals surface area (Å²) in [5.41, 5.74) is 6.33. The van der Waals surface area contributed by atoms with Gasteiger partial charge in [0.05, 0.1) is 5.54 Å². The lowest BCUT2D eigenvalue weighted by molar-refractivity contribution is 0.350. The minimum absolute atomic E-state index is 0.397. The average Bonchev–Trinajstić information content (AvgIpc) is 2.89. The number of hydrogen-bond acceptors (Lipinski definition) is 5. The second-order valence-electron chi connectivity index (χ2n) is 4.15. The van der Waals surface area contributed by atoms with Crippen molar-refractivity contribution >= 4 is 15.9 Å². The highest BCUT2D eigenvalue weighted by Crippen LogP contribution is 2.25. The van der Waals surface area contributed by atoms with Crippen LogP contribution in [0.5, 0.6) is 0 Å². The summed E-state index contributed by atoms with van der Waals surface area (Å²) in [6.45, 7) is 4.02. The first kappa shape index (κ1) is 13.2. The summed E-state index contributed by atoms with van der Waals surface area (Å²) in [7, 11) is 0. The van der Waals surface area contributed by atoms with Crippen molar-refractivity contribution in [3.8, 4) is 11.6 Å². The van der Waals surface area contributed by atoms with Gasteiger partial charge in [0.25, 0.3) is 5.89 Å². The molecule has 96 valence electrons. The van der Waals surface area contributed by atoms with Crippen LogP contribution in [-0.2, 0) is 5.54 Å². The summed E-state index contributed by atoms with van der Waals surface area (Å²) < 4.78 is 6.13. The van der Waals surface area contributed by atoms with E-state index >= 15 is 0 Å². The van der Waals surface area contributed by atoms with Gasteiger partial charge in [-0.15, -0.1) is 0 Å². The van der Waals surface area contributed by atoms with Crippen molar-refractivity contribution in [1.29, 1.82) is 0 Å². The van der Waals surface area contributed by atoms with Gasteiger partial charge in [0.15, 0.2) is 5.82 Å². The van der Waals surface area contributed by atoms with E-state index in [4.69, 9.17) is 10.3 Å². The van der Waals surface area contributed by atoms with E-state index in [9.17, 15) is 0 Å². The van der Waals surface area contributed by atoms with Crippen LogP contribution in [0, 0.1) is 0 Å². The normalized spacial score (nSPS) is 11.8. The first-order valence-corrected chi connectivity index (χ1v) is 6.63. The van der Waals surface area contributed by atoms with Gasteiger partial charge in [0.2, 0.25) is 0 Å². The molecular formula is C12H15BrN4O. The first-order valence-electron chi connectivity index (χ1n) is 5.84. The number of rotatable bonds is 4. The molecular weight excluding hydrogens is 296 g/mol. The summed E-state index contributed by atoms with van der Waals surface area (Å²) >= 11 is 3.33. The van der Waals surface area contributed by atoms with Crippen LogP contribution in [0.4, 0.5) is 0 Å². The fraction of sp³-hybridized carbons (Fsp3) is 0.417. The van der Waals surface area contributed by atoms with Crippen LogP contribution in [0.25, 0.3) is 11.6 Å². The number of aromatic nitrogens is 3. The zero-order chi connectivity index (χ0) is 13.2. The first-order chi connectivity index (χ1) is 8.59. The molecule has 6 heteroatoms. The standard InChI is InChI=1S/C12H15BrN4O/c1-3-12(14,4-2)11-16-10(18-17-11)9-6-5-8(13)7-15-9/h5-7H,3-4,14H2,1-2H3. The fourth-order valence-electron chi connectivity index (χ4n) is 1.60. The van der Waals surface area contributed by atoms with Gasteiger partial charge in [-0.2, -0.15) is 4.98 Å². The maximum Gasteiger partial charge on any atom is 0.276 e. The van der Waals surface area contributed by atoms with Crippen molar-refractivity contribution in [2.45, 2.75) is 32.2 Å². The fourth-order valence-corrected chi connectivity index (χ4v) is 1.83. The smallest absolute Gasteiger partial charge is 0.276 e. The molecule has 2 heterocycles. The molecule has 2 N–H and O–H groups in total. The van der Waals surface area contributed by atoms with Crippen molar-refractivity contribution in [3.63, 3.8) is 0 Å². The average molecular weight is 311 g/mol. The molecule has 0 aromatic carbocycles. The van der Waals surface area contributed by atoms with Gasteiger partial charge < -0.3 is 10.3 Å². The number of nitrogens with two attached hydrogens (primary N) is 1. The van der Waals surface area contributed by atoms with Crippen LogP contribution in [0.3, 0.4) is 0 Å². The largest absolute Gasteiger partial charge is 0.332 e. The molecule has 2 aromatic heterocycles. The van der Waals surface area contributed by atoms with Gasteiger partial charge in [-0.3, -0.25) is 0 Å². The molecule has 0 aliphatic heterocycles. The highest BCUT2D eigenvalue weighted by Gasteiger charge is 2.29. The van der Waals surface area contributed by atoms with Crippen molar-refractivity contribution < 1.29 is 4.52 Å². The minimum atomic E-state index is -0.531. The molecule has 0 spiro atoms. The molecule has 0 fully saturated rings. The molecule has 2 aromatic rings. The van der Waals surface area contributed by atoms with E-state index in [0.29, 0.717) is 17.4 Å². The number of pyridine rings is 1. The Morgan fingerprint density at radius 1 is 1.33 bits per heavy atom. The lowest BCUT2D eigenvalue weighted by Gasteiger charge is -2.21. The van der Waals surface area contributed by atoms with Gasteiger partial charge >= 0.3 is 0 Å². The van der Waals surface area contributed by atoms with Crippen LogP contribution in [-0.4, -0.2) is 15.1 Å². The highest BCUT2D eigenvalue weighted by molar-refractivity contribution is 9.10. The summed E-state index contributed by atoms with van der Waals surface area (Å²) in [5, 5.41) is 3.97. The Morgan fingerprint density at radius 3 is 2.61 bits per heavy atom. The zero-order valence-corrected chi connectivity index (χ0v) is 11.9. The van der Waals surface area contributed by atoms with E-state index in [2.05, 4.69) is 31.1 Å². The van der Waals surface area contributed by atoms with E-state index in [-0.39, 0.29) is 0 Å². The van der Waals surface area contributed by atoms with Crippen molar-refractivity contribution in [2.75, 3.05) is 0 Å². The van der Waals surface area contributed by atoms with Crippen molar-refractivity contribution in [1.82, 2.24) is 15.1 Å². The Labute approximate surface area is 114 Å². The molecule has 0 saturated heterocycles. The lowest BCUT2D eigenvalue weighted by Crippen LogP contribution is -2.36. The SMILES string of the molecule is CCC(N)(CC)c1noc(-c2ccc(Br)cn2)n1. The Kier molecular flexibility index (Phi) is 3.77. The molecule has 0 bridgehead atoms. The predicted octanol–water partition coefficient (Wildman–Crippen LogP) is 2.87. The second kappa shape index (κ2) is 5.16. The van der Waals surface area contributed by atoms with Gasteiger partial charge in [0, 0.05) is 10.7 Å². The maximum atomic E-state index is 6.22. The van der Waals surface area contributed by atoms with Crippen LogP contribution in [0.15, 0.2) is 27.3 Å². The molecule has 0 radical (unpaired) electrons. The third-order valence-electron chi connectivity index (χ3n) is 3.08. The molecule has 0 aliphatic carbocycles. The molecule has 0 amide bonds. The van der Waals surface area contributed by atoms with E-state index in [1.807, 2.05) is 26.0 Å². The molecule has 5 nitrogen and oxygen atoms in total. The second-order valence-corrected chi connectivity index (χ2v) is 5.06. The van der Waals surface area contributed by atoms with Crippen molar-refractivity contribution in [2.24, 2.45) is 5.73 Å². The van der Waals surface area contributed by atoms with E-state index < -0.39 is 5.54 Å². The van der Waals surface area contributed by atoms with E-state index in [1.54, 1.807) is 6.20 Å². The summed E-state index contributed by atoms with van der Waals surface area (Å²) in [5.74, 6) is 0.932. The van der Waals surface area contributed by atoms with Gasteiger partial charge in [-0.1, -0.05) is 19.0 Å². The molecule has 0 atom stereocenters. The number of hydrogen-bond donors (Lipinski definition) is 1. The predicted molar refractivity (Wildman–Crippen MR) is 71.7 cm³/mol. The quantitative estimate of drug-likeness (QED) is 0.939. The molecule has 0 unspecified atom stereocenters.